The Morgan fingerprint density at radius 2 is 1.84 bits per heavy atom. The average molecular weight is 509 g/mol. The fourth-order valence-corrected chi connectivity index (χ4v) is 5.84. The molecule has 2 amide bonds. The SMILES string of the molecule is CCCc1cc(C(=O)N2CCN(C(C)C)CCCN(C(=O)C3CCCCC3)c3c(C)cccc3C2)no1. The molecule has 1 aliphatic heterocycles. The van der Waals surface area contributed by atoms with Gasteiger partial charge in [0, 0.05) is 57.2 Å². The van der Waals surface area contributed by atoms with Crippen LogP contribution in [0.3, 0.4) is 0 Å². The normalized spacial score (nSPS) is 18.5. The minimum Gasteiger partial charge on any atom is -0.361 e. The molecule has 0 atom stereocenters. The van der Waals surface area contributed by atoms with Gasteiger partial charge >= 0.3 is 0 Å². The number of aryl methyl sites for hydroxylation is 2. The smallest absolute Gasteiger partial charge is 0.276 e. The fourth-order valence-electron chi connectivity index (χ4n) is 5.84. The van der Waals surface area contributed by atoms with Crippen LogP contribution >= 0.6 is 0 Å². The number of anilines is 1. The number of carbonyl (C=O) groups is 2. The van der Waals surface area contributed by atoms with Crippen molar-refractivity contribution in [1.82, 2.24) is 15.0 Å². The predicted octanol–water partition coefficient (Wildman–Crippen LogP) is 5.61. The van der Waals surface area contributed by atoms with E-state index in [0.717, 1.165) is 80.6 Å². The van der Waals surface area contributed by atoms with Gasteiger partial charge in [-0.3, -0.25) is 14.5 Å². The van der Waals surface area contributed by atoms with Crippen molar-refractivity contribution in [2.75, 3.05) is 31.1 Å². The van der Waals surface area contributed by atoms with E-state index in [9.17, 15) is 9.59 Å². The van der Waals surface area contributed by atoms with Gasteiger partial charge in [-0.2, -0.15) is 0 Å². The fraction of sp³-hybridized carbons (Fsp3) is 0.633. The second-order valence-corrected chi connectivity index (χ2v) is 11.0. The summed E-state index contributed by atoms with van der Waals surface area (Å²) in [6.45, 7) is 12.0. The lowest BCUT2D eigenvalue weighted by Gasteiger charge is -2.33. The molecule has 7 heteroatoms. The summed E-state index contributed by atoms with van der Waals surface area (Å²) in [7, 11) is 0. The van der Waals surface area contributed by atoms with Crippen molar-refractivity contribution in [3.63, 3.8) is 0 Å². The molecule has 1 saturated carbocycles. The Kier molecular flexibility index (Phi) is 9.41. The number of benzene rings is 1. The molecule has 0 radical (unpaired) electrons. The molecule has 202 valence electrons. The number of hydrogen-bond acceptors (Lipinski definition) is 5. The summed E-state index contributed by atoms with van der Waals surface area (Å²) in [6.07, 6.45) is 8.05. The minimum absolute atomic E-state index is 0.0948. The summed E-state index contributed by atoms with van der Waals surface area (Å²) in [4.78, 5) is 34.0. The summed E-state index contributed by atoms with van der Waals surface area (Å²) < 4.78 is 5.44. The number of aromatic nitrogens is 1. The molecule has 1 aromatic heterocycles. The van der Waals surface area contributed by atoms with Gasteiger partial charge in [-0.15, -0.1) is 0 Å². The number of fused-ring (bicyclic) bond motifs is 1. The zero-order chi connectivity index (χ0) is 26.4. The highest BCUT2D eigenvalue weighted by molar-refractivity contribution is 5.97. The molecule has 4 rings (SSSR count). The van der Waals surface area contributed by atoms with Crippen molar-refractivity contribution >= 4 is 17.5 Å². The Bertz CT molecular complexity index is 1060. The van der Waals surface area contributed by atoms with Gasteiger partial charge in [0.2, 0.25) is 5.91 Å². The highest BCUT2D eigenvalue weighted by atomic mass is 16.5. The first-order valence-corrected chi connectivity index (χ1v) is 14.3. The van der Waals surface area contributed by atoms with Crippen molar-refractivity contribution in [3.8, 4) is 0 Å². The van der Waals surface area contributed by atoms with Gasteiger partial charge in [-0.05, 0) is 57.6 Å². The number of rotatable bonds is 5. The van der Waals surface area contributed by atoms with E-state index in [1.54, 1.807) is 6.07 Å². The Hall–Kier alpha value is -2.67. The summed E-state index contributed by atoms with van der Waals surface area (Å²) in [5.74, 6) is 0.973. The summed E-state index contributed by atoms with van der Waals surface area (Å²) in [6, 6.07) is 8.34. The molecule has 0 N–H and O–H groups in total. The predicted molar refractivity (Wildman–Crippen MR) is 147 cm³/mol. The Morgan fingerprint density at radius 3 is 2.57 bits per heavy atom. The molecule has 1 aliphatic carbocycles. The zero-order valence-electron chi connectivity index (χ0n) is 23.2. The number of carbonyl (C=O) groups excluding carboxylic acids is 2. The van der Waals surface area contributed by atoms with Crippen molar-refractivity contribution in [1.29, 1.82) is 0 Å². The zero-order valence-corrected chi connectivity index (χ0v) is 23.2. The Labute approximate surface area is 222 Å². The summed E-state index contributed by atoms with van der Waals surface area (Å²) in [5, 5.41) is 4.11. The quantitative estimate of drug-likeness (QED) is 0.525. The molecule has 1 aromatic carbocycles. The standard InChI is InChI=1S/C30H44N4O3/c1-5-11-26-20-27(31-37-26)30(36)33-19-18-32(22(2)3)16-10-17-34(29(35)24-13-7-6-8-14-24)28-23(4)12-9-15-25(28)21-33/h9,12,15,20,22,24H,5-8,10-11,13-14,16-19,21H2,1-4H3. The third kappa shape index (κ3) is 6.61. The van der Waals surface area contributed by atoms with Crippen LogP contribution in [0, 0.1) is 12.8 Å². The van der Waals surface area contributed by atoms with Crippen LogP contribution in [0.2, 0.25) is 0 Å². The third-order valence-electron chi connectivity index (χ3n) is 7.95. The number of nitrogens with zero attached hydrogens (tertiary/aromatic N) is 4. The monoisotopic (exact) mass is 508 g/mol. The topological polar surface area (TPSA) is 69.9 Å². The van der Waals surface area contributed by atoms with Gasteiger partial charge in [0.1, 0.15) is 5.76 Å². The van der Waals surface area contributed by atoms with Crippen LogP contribution in [0.4, 0.5) is 5.69 Å². The first kappa shape index (κ1) is 27.4. The van der Waals surface area contributed by atoms with E-state index in [1.165, 1.54) is 6.42 Å². The molecule has 7 nitrogen and oxygen atoms in total. The molecule has 2 aliphatic rings. The highest BCUT2D eigenvalue weighted by Crippen LogP contribution is 2.32. The van der Waals surface area contributed by atoms with E-state index in [4.69, 9.17) is 4.52 Å². The number of para-hydroxylation sites is 1. The molecule has 0 unspecified atom stereocenters. The van der Waals surface area contributed by atoms with Crippen LogP contribution in [0.25, 0.3) is 0 Å². The Morgan fingerprint density at radius 1 is 1.05 bits per heavy atom. The summed E-state index contributed by atoms with van der Waals surface area (Å²) >= 11 is 0. The van der Waals surface area contributed by atoms with Crippen molar-refractivity contribution in [2.45, 2.75) is 91.6 Å². The summed E-state index contributed by atoms with van der Waals surface area (Å²) in [5.41, 5.74) is 3.45. The molecular formula is C30H44N4O3. The van der Waals surface area contributed by atoms with E-state index in [2.05, 4.69) is 54.8 Å². The Balaban J connectivity index is 1.70. The molecule has 2 aromatic rings. The molecule has 0 bridgehead atoms. The molecule has 0 spiro atoms. The van der Waals surface area contributed by atoms with Crippen LogP contribution < -0.4 is 4.90 Å². The molecule has 2 heterocycles. The van der Waals surface area contributed by atoms with Gasteiger partial charge < -0.3 is 14.3 Å². The van der Waals surface area contributed by atoms with Gasteiger partial charge in [-0.1, -0.05) is 49.5 Å². The van der Waals surface area contributed by atoms with E-state index in [-0.39, 0.29) is 17.7 Å². The number of hydrogen-bond donors (Lipinski definition) is 0. The largest absolute Gasteiger partial charge is 0.361 e. The lowest BCUT2D eigenvalue weighted by molar-refractivity contribution is -0.123. The van der Waals surface area contributed by atoms with Crippen molar-refractivity contribution in [3.05, 3.63) is 46.8 Å². The lowest BCUT2D eigenvalue weighted by Crippen LogP contribution is -2.41. The van der Waals surface area contributed by atoms with E-state index in [0.29, 0.717) is 31.4 Å². The number of amides is 2. The van der Waals surface area contributed by atoms with Crippen LogP contribution in [0.5, 0.6) is 0 Å². The molecule has 1 fully saturated rings. The van der Waals surface area contributed by atoms with Gasteiger partial charge in [-0.25, -0.2) is 0 Å². The molecule has 37 heavy (non-hydrogen) atoms. The van der Waals surface area contributed by atoms with Crippen LogP contribution in [0.1, 0.15) is 93.1 Å². The third-order valence-corrected chi connectivity index (χ3v) is 7.95. The van der Waals surface area contributed by atoms with E-state index < -0.39 is 0 Å². The van der Waals surface area contributed by atoms with Crippen LogP contribution in [-0.2, 0) is 17.8 Å². The van der Waals surface area contributed by atoms with Gasteiger partial charge in [0.05, 0.1) is 5.69 Å². The van der Waals surface area contributed by atoms with Gasteiger partial charge in [0.15, 0.2) is 5.69 Å². The van der Waals surface area contributed by atoms with Crippen molar-refractivity contribution in [2.24, 2.45) is 5.92 Å². The maximum atomic E-state index is 13.9. The maximum Gasteiger partial charge on any atom is 0.276 e. The van der Waals surface area contributed by atoms with Gasteiger partial charge in [0.25, 0.3) is 5.91 Å². The average Bonchev–Trinajstić information content (AvgIpc) is 3.35. The maximum absolute atomic E-state index is 13.9. The van der Waals surface area contributed by atoms with Crippen molar-refractivity contribution < 1.29 is 14.1 Å². The van der Waals surface area contributed by atoms with E-state index in [1.807, 2.05) is 11.0 Å². The minimum atomic E-state index is -0.119. The first-order chi connectivity index (χ1) is 17.9. The second-order valence-electron chi connectivity index (χ2n) is 11.0. The molecular weight excluding hydrogens is 464 g/mol. The van der Waals surface area contributed by atoms with Crippen LogP contribution in [-0.4, -0.2) is 59.0 Å². The van der Waals surface area contributed by atoms with E-state index >= 15 is 0 Å². The molecule has 0 saturated heterocycles. The lowest BCUT2D eigenvalue weighted by atomic mass is 9.87. The first-order valence-electron chi connectivity index (χ1n) is 14.3. The van der Waals surface area contributed by atoms with Crippen LogP contribution in [0.15, 0.2) is 28.8 Å². The highest BCUT2D eigenvalue weighted by Gasteiger charge is 2.31. The second kappa shape index (κ2) is 12.7.